The summed E-state index contributed by atoms with van der Waals surface area (Å²) >= 11 is 1.68. The first-order valence-corrected chi connectivity index (χ1v) is 11.2. The molecule has 0 aliphatic carbocycles. The Hall–Kier alpha value is -2.76. The van der Waals surface area contributed by atoms with E-state index in [4.69, 9.17) is 9.47 Å². The van der Waals surface area contributed by atoms with Crippen LogP contribution < -0.4 is 10.1 Å². The zero-order valence-electron chi connectivity index (χ0n) is 16.8. The first kappa shape index (κ1) is 20.5. The summed E-state index contributed by atoms with van der Waals surface area (Å²) in [5, 5.41) is 2.99. The number of amides is 1. The van der Waals surface area contributed by atoms with Gasteiger partial charge in [-0.3, -0.25) is 4.79 Å². The van der Waals surface area contributed by atoms with Crippen molar-refractivity contribution < 1.29 is 14.3 Å². The van der Waals surface area contributed by atoms with E-state index in [9.17, 15) is 4.79 Å². The number of thioether (sulfide) groups is 1. The van der Waals surface area contributed by atoms with Gasteiger partial charge in [0, 0.05) is 22.9 Å². The fourth-order valence-electron chi connectivity index (χ4n) is 3.31. The van der Waals surface area contributed by atoms with Gasteiger partial charge in [0.2, 0.25) is 0 Å². The van der Waals surface area contributed by atoms with Crippen LogP contribution in [-0.2, 0) is 11.3 Å². The molecule has 1 aliphatic heterocycles. The average molecular weight is 420 g/mol. The number of carbonyl (C=O) groups excluding carboxylic acids is 1. The summed E-state index contributed by atoms with van der Waals surface area (Å²) in [6, 6.07) is 25.2. The van der Waals surface area contributed by atoms with Gasteiger partial charge in [0.1, 0.15) is 12.4 Å². The van der Waals surface area contributed by atoms with Crippen LogP contribution in [0.1, 0.15) is 28.8 Å². The smallest absolute Gasteiger partial charge is 0.256 e. The molecule has 1 amide bonds. The van der Waals surface area contributed by atoms with Crippen LogP contribution in [0.4, 0.5) is 5.69 Å². The molecular weight excluding hydrogens is 394 g/mol. The number of rotatable bonds is 8. The second-order valence-electron chi connectivity index (χ2n) is 7.19. The Morgan fingerprint density at radius 1 is 1.00 bits per heavy atom. The lowest BCUT2D eigenvalue weighted by Crippen LogP contribution is -2.14. The number of carbonyl (C=O) groups is 1. The first-order valence-electron chi connectivity index (χ1n) is 10.2. The van der Waals surface area contributed by atoms with Gasteiger partial charge in [0.05, 0.1) is 11.7 Å². The number of hydrogen-bond acceptors (Lipinski definition) is 4. The largest absolute Gasteiger partial charge is 0.489 e. The van der Waals surface area contributed by atoms with Crippen molar-refractivity contribution in [3.63, 3.8) is 0 Å². The zero-order chi connectivity index (χ0) is 20.6. The van der Waals surface area contributed by atoms with Crippen molar-refractivity contribution >= 4 is 23.4 Å². The third kappa shape index (κ3) is 5.65. The number of hydrogen-bond donors (Lipinski definition) is 1. The minimum atomic E-state index is -0.108. The molecule has 0 aromatic heterocycles. The highest BCUT2D eigenvalue weighted by atomic mass is 32.2. The van der Waals surface area contributed by atoms with Crippen molar-refractivity contribution in [2.45, 2.75) is 30.4 Å². The monoisotopic (exact) mass is 419 g/mol. The molecule has 30 heavy (non-hydrogen) atoms. The molecule has 4 rings (SSSR count). The van der Waals surface area contributed by atoms with E-state index in [0.717, 1.165) is 47.1 Å². The van der Waals surface area contributed by atoms with Crippen LogP contribution in [0, 0.1) is 0 Å². The van der Waals surface area contributed by atoms with Crippen molar-refractivity contribution in [3.05, 3.63) is 90.0 Å². The number of benzene rings is 3. The van der Waals surface area contributed by atoms with Crippen molar-refractivity contribution in [3.8, 4) is 5.75 Å². The number of anilines is 1. The van der Waals surface area contributed by atoms with Gasteiger partial charge in [-0.15, -0.1) is 11.8 Å². The van der Waals surface area contributed by atoms with Gasteiger partial charge in [-0.05, 0) is 54.8 Å². The fourth-order valence-corrected chi connectivity index (χ4v) is 4.43. The minimum absolute atomic E-state index is 0.108. The van der Waals surface area contributed by atoms with Crippen molar-refractivity contribution in [1.82, 2.24) is 0 Å². The summed E-state index contributed by atoms with van der Waals surface area (Å²) in [7, 11) is 0. The summed E-state index contributed by atoms with van der Waals surface area (Å²) in [5.41, 5.74) is 2.54. The Kier molecular flexibility index (Phi) is 7.06. The Bertz CT molecular complexity index is 954. The van der Waals surface area contributed by atoms with E-state index in [1.54, 1.807) is 11.8 Å². The number of nitrogens with one attached hydrogen (secondary N) is 1. The highest BCUT2D eigenvalue weighted by Crippen LogP contribution is 2.27. The van der Waals surface area contributed by atoms with Crippen LogP contribution in [0.2, 0.25) is 0 Å². The lowest BCUT2D eigenvalue weighted by atomic mass is 10.2. The molecule has 4 nitrogen and oxygen atoms in total. The molecule has 0 saturated carbocycles. The third-order valence-corrected chi connectivity index (χ3v) is 6.15. The zero-order valence-corrected chi connectivity index (χ0v) is 17.6. The third-order valence-electron chi connectivity index (χ3n) is 4.94. The van der Waals surface area contributed by atoms with Gasteiger partial charge in [0.15, 0.2) is 0 Å². The standard InChI is InChI=1S/C25H25NO3S/c27-25(23-10-4-5-11-24(23)30-18-22-9-6-16-28-22)26-20-12-14-21(15-13-20)29-17-19-7-2-1-3-8-19/h1-5,7-8,10-15,22H,6,9,16-18H2,(H,26,27)/t22-/m0/s1. The van der Waals surface area contributed by atoms with E-state index >= 15 is 0 Å². The van der Waals surface area contributed by atoms with Crippen LogP contribution in [-0.4, -0.2) is 24.4 Å². The van der Waals surface area contributed by atoms with Gasteiger partial charge in [-0.1, -0.05) is 42.5 Å². The molecule has 1 heterocycles. The van der Waals surface area contributed by atoms with Crippen LogP contribution in [0.25, 0.3) is 0 Å². The molecular formula is C25H25NO3S. The molecule has 1 N–H and O–H groups in total. The van der Waals surface area contributed by atoms with Crippen LogP contribution in [0.5, 0.6) is 5.75 Å². The molecule has 0 bridgehead atoms. The summed E-state index contributed by atoms with van der Waals surface area (Å²) in [6.07, 6.45) is 2.51. The van der Waals surface area contributed by atoms with E-state index in [1.807, 2.05) is 78.9 Å². The molecule has 154 valence electrons. The average Bonchev–Trinajstić information content (AvgIpc) is 3.32. The van der Waals surface area contributed by atoms with Gasteiger partial charge in [0.25, 0.3) is 5.91 Å². The van der Waals surface area contributed by atoms with E-state index in [1.165, 1.54) is 0 Å². The first-order chi connectivity index (χ1) is 14.8. The van der Waals surface area contributed by atoms with Gasteiger partial charge >= 0.3 is 0 Å². The summed E-state index contributed by atoms with van der Waals surface area (Å²) < 4.78 is 11.5. The highest BCUT2D eigenvalue weighted by molar-refractivity contribution is 7.99. The molecule has 0 unspecified atom stereocenters. The summed E-state index contributed by atoms with van der Waals surface area (Å²) in [5.74, 6) is 1.53. The second-order valence-corrected chi connectivity index (χ2v) is 8.26. The Balaban J connectivity index is 1.34. The van der Waals surface area contributed by atoms with Crippen LogP contribution >= 0.6 is 11.8 Å². The topological polar surface area (TPSA) is 47.6 Å². The lowest BCUT2D eigenvalue weighted by Gasteiger charge is -2.13. The maximum Gasteiger partial charge on any atom is 0.256 e. The lowest BCUT2D eigenvalue weighted by molar-refractivity contribution is 0.102. The predicted molar refractivity (Wildman–Crippen MR) is 121 cm³/mol. The second kappa shape index (κ2) is 10.3. The van der Waals surface area contributed by atoms with Gasteiger partial charge in [-0.25, -0.2) is 0 Å². The molecule has 1 fully saturated rings. The van der Waals surface area contributed by atoms with Gasteiger partial charge < -0.3 is 14.8 Å². The molecule has 1 aliphatic rings. The molecule has 3 aromatic carbocycles. The van der Waals surface area contributed by atoms with Crippen molar-refractivity contribution in [2.75, 3.05) is 17.7 Å². The van der Waals surface area contributed by atoms with E-state index < -0.39 is 0 Å². The molecule has 1 atom stereocenters. The molecule has 1 saturated heterocycles. The Morgan fingerprint density at radius 3 is 2.53 bits per heavy atom. The number of ether oxygens (including phenoxy) is 2. The van der Waals surface area contributed by atoms with Crippen LogP contribution in [0.3, 0.4) is 0 Å². The van der Waals surface area contributed by atoms with Crippen LogP contribution in [0.15, 0.2) is 83.8 Å². The summed E-state index contributed by atoms with van der Waals surface area (Å²) in [4.78, 5) is 13.8. The highest BCUT2D eigenvalue weighted by Gasteiger charge is 2.18. The van der Waals surface area contributed by atoms with Crippen molar-refractivity contribution in [2.24, 2.45) is 0 Å². The van der Waals surface area contributed by atoms with E-state index in [0.29, 0.717) is 12.2 Å². The quantitative estimate of drug-likeness (QED) is 0.470. The molecule has 5 heteroatoms. The predicted octanol–water partition coefficient (Wildman–Crippen LogP) is 5.79. The molecule has 0 spiro atoms. The van der Waals surface area contributed by atoms with Gasteiger partial charge in [-0.2, -0.15) is 0 Å². The Labute approximate surface area is 181 Å². The molecule has 3 aromatic rings. The fraction of sp³-hybridized carbons (Fsp3) is 0.240. The van der Waals surface area contributed by atoms with Crippen molar-refractivity contribution in [1.29, 1.82) is 0 Å². The molecule has 0 radical (unpaired) electrons. The minimum Gasteiger partial charge on any atom is -0.489 e. The van der Waals surface area contributed by atoms with E-state index in [-0.39, 0.29) is 12.0 Å². The summed E-state index contributed by atoms with van der Waals surface area (Å²) in [6.45, 7) is 1.36. The normalized spacial score (nSPS) is 15.7. The van der Waals surface area contributed by atoms with E-state index in [2.05, 4.69) is 5.32 Å². The Morgan fingerprint density at radius 2 is 1.77 bits per heavy atom. The maximum atomic E-state index is 12.8. The maximum absolute atomic E-state index is 12.8. The SMILES string of the molecule is O=C(Nc1ccc(OCc2ccccc2)cc1)c1ccccc1SC[C@@H]1CCCO1.